The van der Waals surface area contributed by atoms with Crippen molar-refractivity contribution >= 4 is 17.5 Å². The summed E-state index contributed by atoms with van der Waals surface area (Å²) in [5.74, 6) is 0.967. The van der Waals surface area contributed by atoms with Crippen molar-refractivity contribution in [1.29, 1.82) is 0 Å². The van der Waals surface area contributed by atoms with Gasteiger partial charge < -0.3 is 10.2 Å². The molecule has 1 aromatic carbocycles. The number of carbonyl (C=O) groups excluding carboxylic acids is 1. The first-order chi connectivity index (χ1) is 11.1. The van der Waals surface area contributed by atoms with E-state index >= 15 is 0 Å². The molecule has 0 bridgehead atoms. The van der Waals surface area contributed by atoms with Crippen LogP contribution in [-0.2, 0) is 0 Å². The molecular weight excluding hydrogens is 314 g/mol. The van der Waals surface area contributed by atoms with Gasteiger partial charge in [0.2, 0.25) is 5.82 Å². The number of nitrogens with zero attached hydrogens (tertiary/aromatic N) is 4. The Morgan fingerprint density at radius 2 is 1.96 bits per heavy atom. The van der Waals surface area contributed by atoms with E-state index in [9.17, 15) is 4.79 Å². The standard InChI is InChI=1S/C16H20ClN5O/c1-11(2)15-19-14(16(23)21-9-7-18-8-10-21)20-22(15)13-6-4-3-5-12(13)17/h3-6,11,18H,7-10H2,1-2H3. The van der Waals surface area contributed by atoms with Gasteiger partial charge in [0, 0.05) is 32.1 Å². The second kappa shape index (κ2) is 6.68. The van der Waals surface area contributed by atoms with Crippen LogP contribution in [0.25, 0.3) is 5.69 Å². The summed E-state index contributed by atoms with van der Waals surface area (Å²) in [6.45, 7) is 7.00. The summed E-state index contributed by atoms with van der Waals surface area (Å²) < 4.78 is 1.68. The second-order valence-electron chi connectivity index (χ2n) is 5.85. The highest BCUT2D eigenvalue weighted by atomic mass is 35.5. The van der Waals surface area contributed by atoms with Crippen molar-refractivity contribution in [2.75, 3.05) is 26.2 Å². The highest BCUT2D eigenvalue weighted by Crippen LogP contribution is 2.24. The lowest BCUT2D eigenvalue weighted by Crippen LogP contribution is -2.46. The molecule has 1 amide bonds. The number of halogens is 1. The van der Waals surface area contributed by atoms with Crippen LogP contribution in [0.5, 0.6) is 0 Å². The number of nitrogens with one attached hydrogen (secondary N) is 1. The summed E-state index contributed by atoms with van der Waals surface area (Å²) in [7, 11) is 0. The molecule has 1 aromatic heterocycles. The number of rotatable bonds is 3. The van der Waals surface area contributed by atoms with E-state index in [1.54, 1.807) is 15.6 Å². The Labute approximate surface area is 140 Å². The van der Waals surface area contributed by atoms with E-state index in [0.717, 1.165) is 24.6 Å². The van der Waals surface area contributed by atoms with Gasteiger partial charge >= 0.3 is 0 Å². The highest BCUT2D eigenvalue weighted by Gasteiger charge is 2.25. The number of amides is 1. The molecule has 0 atom stereocenters. The molecule has 1 aliphatic rings. The Morgan fingerprint density at radius 3 is 2.61 bits per heavy atom. The molecule has 1 fully saturated rings. The molecule has 3 rings (SSSR count). The average Bonchev–Trinajstić information content (AvgIpc) is 3.01. The first kappa shape index (κ1) is 16.0. The van der Waals surface area contributed by atoms with Gasteiger partial charge in [-0.2, -0.15) is 0 Å². The van der Waals surface area contributed by atoms with Crippen LogP contribution in [0.3, 0.4) is 0 Å². The quantitative estimate of drug-likeness (QED) is 0.934. The topological polar surface area (TPSA) is 63.1 Å². The van der Waals surface area contributed by atoms with Crippen molar-refractivity contribution in [3.05, 3.63) is 40.9 Å². The van der Waals surface area contributed by atoms with Crippen LogP contribution in [0.1, 0.15) is 36.2 Å². The van der Waals surface area contributed by atoms with Crippen LogP contribution in [0.4, 0.5) is 0 Å². The monoisotopic (exact) mass is 333 g/mol. The van der Waals surface area contributed by atoms with Crippen molar-refractivity contribution in [2.24, 2.45) is 0 Å². The zero-order valence-electron chi connectivity index (χ0n) is 13.3. The number of carbonyl (C=O) groups is 1. The predicted molar refractivity (Wildman–Crippen MR) is 89.2 cm³/mol. The Bertz CT molecular complexity index is 706. The van der Waals surface area contributed by atoms with Crippen molar-refractivity contribution in [2.45, 2.75) is 19.8 Å². The highest BCUT2D eigenvalue weighted by molar-refractivity contribution is 6.32. The first-order valence-electron chi connectivity index (χ1n) is 7.80. The van der Waals surface area contributed by atoms with Gasteiger partial charge in [-0.25, -0.2) is 9.67 Å². The lowest BCUT2D eigenvalue weighted by Gasteiger charge is -2.26. The van der Waals surface area contributed by atoms with Crippen molar-refractivity contribution < 1.29 is 4.79 Å². The fourth-order valence-electron chi connectivity index (χ4n) is 2.60. The normalized spacial score (nSPS) is 15.2. The lowest BCUT2D eigenvalue weighted by atomic mass is 10.2. The average molecular weight is 334 g/mol. The molecule has 1 saturated heterocycles. The SMILES string of the molecule is CC(C)c1nc(C(=O)N2CCNCC2)nn1-c1ccccc1Cl. The predicted octanol–water partition coefficient (Wildman–Crippen LogP) is 2.09. The van der Waals surface area contributed by atoms with Crippen LogP contribution >= 0.6 is 11.6 Å². The first-order valence-corrected chi connectivity index (χ1v) is 8.17. The van der Waals surface area contributed by atoms with E-state index < -0.39 is 0 Å². The van der Waals surface area contributed by atoms with Crippen LogP contribution in [0, 0.1) is 0 Å². The summed E-state index contributed by atoms with van der Waals surface area (Å²) in [6, 6.07) is 7.44. The minimum Gasteiger partial charge on any atom is -0.333 e. The van der Waals surface area contributed by atoms with E-state index in [-0.39, 0.29) is 17.6 Å². The van der Waals surface area contributed by atoms with Crippen molar-refractivity contribution in [3.8, 4) is 5.69 Å². The molecule has 122 valence electrons. The Hall–Kier alpha value is -1.92. The van der Waals surface area contributed by atoms with Gasteiger partial charge in [0.05, 0.1) is 10.7 Å². The number of benzene rings is 1. The van der Waals surface area contributed by atoms with Crippen LogP contribution in [0.15, 0.2) is 24.3 Å². The van der Waals surface area contributed by atoms with E-state index in [4.69, 9.17) is 11.6 Å². The van der Waals surface area contributed by atoms with Gasteiger partial charge in [-0.15, -0.1) is 5.10 Å². The van der Waals surface area contributed by atoms with Crippen molar-refractivity contribution in [1.82, 2.24) is 25.0 Å². The van der Waals surface area contributed by atoms with Gasteiger partial charge in [0.15, 0.2) is 0 Å². The molecular formula is C16H20ClN5O. The summed E-state index contributed by atoms with van der Waals surface area (Å²) >= 11 is 6.28. The van der Waals surface area contributed by atoms with Gasteiger partial charge in [0.1, 0.15) is 5.82 Å². The molecule has 0 unspecified atom stereocenters. The molecule has 1 aliphatic heterocycles. The van der Waals surface area contributed by atoms with E-state index in [2.05, 4.69) is 15.4 Å². The molecule has 6 nitrogen and oxygen atoms in total. The summed E-state index contributed by atoms with van der Waals surface area (Å²) in [5.41, 5.74) is 0.740. The van der Waals surface area contributed by atoms with Gasteiger partial charge in [-0.05, 0) is 12.1 Å². The third-order valence-corrected chi connectivity index (χ3v) is 4.14. The third-order valence-electron chi connectivity index (χ3n) is 3.82. The van der Waals surface area contributed by atoms with E-state index in [1.807, 2.05) is 32.0 Å². The van der Waals surface area contributed by atoms with Crippen LogP contribution in [-0.4, -0.2) is 51.8 Å². The van der Waals surface area contributed by atoms with E-state index in [1.165, 1.54) is 0 Å². The molecule has 2 heterocycles. The van der Waals surface area contributed by atoms with Gasteiger partial charge in [-0.3, -0.25) is 4.79 Å². The Kier molecular flexibility index (Phi) is 4.63. The molecule has 0 saturated carbocycles. The minimum atomic E-state index is -0.126. The fourth-order valence-corrected chi connectivity index (χ4v) is 2.81. The van der Waals surface area contributed by atoms with Crippen LogP contribution in [0.2, 0.25) is 5.02 Å². The molecule has 0 aliphatic carbocycles. The maximum atomic E-state index is 12.6. The molecule has 23 heavy (non-hydrogen) atoms. The number of hydrogen-bond donors (Lipinski definition) is 1. The number of para-hydroxylation sites is 1. The summed E-state index contributed by atoms with van der Waals surface area (Å²) in [4.78, 5) is 18.9. The Balaban J connectivity index is 1.99. The molecule has 7 heteroatoms. The third kappa shape index (κ3) is 3.23. The molecule has 0 spiro atoms. The van der Waals surface area contributed by atoms with Crippen molar-refractivity contribution in [3.63, 3.8) is 0 Å². The zero-order valence-corrected chi connectivity index (χ0v) is 14.0. The fraction of sp³-hybridized carbons (Fsp3) is 0.438. The molecule has 1 N–H and O–H groups in total. The minimum absolute atomic E-state index is 0.126. The lowest BCUT2D eigenvalue weighted by molar-refractivity contribution is 0.0723. The van der Waals surface area contributed by atoms with Gasteiger partial charge in [0.25, 0.3) is 5.91 Å². The molecule has 0 radical (unpaired) electrons. The Morgan fingerprint density at radius 1 is 1.26 bits per heavy atom. The van der Waals surface area contributed by atoms with E-state index in [0.29, 0.717) is 18.1 Å². The number of aromatic nitrogens is 3. The maximum absolute atomic E-state index is 12.6. The summed E-state index contributed by atoms with van der Waals surface area (Å²) in [6.07, 6.45) is 0. The second-order valence-corrected chi connectivity index (χ2v) is 6.26. The number of piperazine rings is 1. The number of hydrogen-bond acceptors (Lipinski definition) is 4. The summed E-state index contributed by atoms with van der Waals surface area (Å²) in [5, 5.41) is 8.26. The molecule has 2 aromatic rings. The maximum Gasteiger partial charge on any atom is 0.293 e. The van der Waals surface area contributed by atoms with Crippen LogP contribution < -0.4 is 5.32 Å². The van der Waals surface area contributed by atoms with Gasteiger partial charge in [-0.1, -0.05) is 37.6 Å². The largest absolute Gasteiger partial charge is 0.333 e. The zero-order chi connectivity index (χ0) is 16.4. The smallest absolute Gasteiger partial charge is 0.293 e.